The molecule has 124 valence electrons. The maximum absolute atomic E-state index is 12.2. The lowest BCUT2D eigenvalue weighted by Gasteiger charge is -2.03. The first-order valence-electron chi connectivity index (χ1n) is 7.12. The van der Waals surface area contributed by atoms with Crippen molar-refractivity contribution in [3.8, 4) is 11.4 Å². The Bertz CT molecular complexity index is 1060. The second-order valence-corrected chi connectivity index (χ2v) is 6.76. The molecule has 0 bridgehead atoms. The molecule has 9 heteroatoms. The predicted octanol–water partition coefficient (Wildman–Crippen LogP) is 4.64. The minimum Gasteiger partial charge on any atom is -0.335 e. The van der Waals surface area contributed by atoms with Crippen LogP contribution in [-0.4, -0.2) is 25.8 Å². The lowest BCUT2D eigenvalue weighted by atomic mass is 10.2. The summed E-state index contributed by atoms with van der Waals surface area (Å²) in [4.78, 5) is 28.5. The molecule has 0 aliphatic heterocycles. The van der Waals surface area contributed by atoms with Gasteiger partial charge in [-0.1, -0.05) is 29.3 Å². The minimum absolute atomic E-state index is 0.283. The van der Waals surface area contributed by atoms with Crippen molar-refractivity contribution in [1.29, 1.82) is 0 Å². The van der Waals surface area contributed by atoms with Gasteiger partial charge in [0.1, 0.15) is 16.2 Å². The average molecular weight is 390 g/mol. The molecule has 1 amide bonds. The molecule has 4 aromatic rings. The maximum Gasteiger partial charge on any atom is 0.268 e. The van der Waals surface area contributed by atoms with E-state index in [0.29, 0.717) is 43.2 Å². The third kappa shape index (κ3) is 2.97. The van der Waals surface area contributed by atoms with Crippen LogP contribution in [0.1, 0.15) is 9.67 Å². The van der Waals surface area contributed by atoms with Crippen LogP contribution in [0.25, 0.3) is 22.4 Å². The van der Waals surface area contributed by atoms with Crippen LogP contribution in [-0.2, 0) is 0 Å². The molecule has 3 aromatic heterocycles. The zero-order valence-electron chi connectivity index (χ0n) is 12.5. The Kier molecular flexibility index (Phi) is 4.12. The lowest BCUT2D eigenvalue weighted by Crippen LogP contribution is -2.11. The molecule has 3 heterocycles. The summed E-state index contributed by atoms with van der Waals surface area (Å²) in [6.07, 6.45) is 3.07. The SMILES string of the molecule is O=C(Nc1nccc2nc(-c3c(Cl)cccc3Cl)[nH]c12)c1cncs1. The molecule has 0 unspecified atom stereocenters. The number of halogens is 2. The predicted molar refractivity (Wildman–Crippen MR) is 99.4 cm³/mol. The number of aromatic nitrogens is 4. The van der Waals surface area contributed by atoms with Crippen molar-refractivity contribution < 1.29 is 4.79 Å². The van der Waals surface area contributed by atoms with E-state index in [-0.39, 0.29) is 5.91 Å². The third-order valence-corrected chi connectivity index (χ3v) is 4.89. The van der Waals surface area contributed by atoms with Crippen molar-refractivity contribution in [2.24, 2.45) is 0 Å². The molecule has 0 fully saturated rings. The molecule has 0 aliphatic carbocycles. The van der Waals surface area contributed by atoms with Crippen molar-refractivity contribution in [3.05, 3.63) is 57.1 Å². The normalized spacial score (nSPS) is 11.0. The summed E-state index contributed by atoms with van der Waals surface area (Å²) in [5.74, 6) is 0.596. The van der Waals surface area contributed by atoms with E-state index in [1.54, 1.807) is 36.0 Å². The van der Waals surface area contributed by atoms with Gasteiger partial charge in [0.15, 0.2) is 5.82 Å². The van der Waals surface area contributed by atoms with Crippen molar-refractivity contribution in [2.75, 3.05) is 5.32 Å². The number of pyridine rings is 1. The van der Waals surface area contributed by atoms with E-state index >= 15 is 0 Å². The van der Waals surface area contributed by atoms with E-state index in [4.69, 9.17) is 23.2 Å². The first-order valence-corrected chi connectivity index (χ1v) is 8.76. The summed E-state index contributed by atoms with van der Waals surface area (Å²) >= 11 is 13.7. The fraction of sp³-hybridized carbons (Fsp3) is 0. The molecule has 1 aromatic carbocycles. The number of carbonyl (C=O) groups is 1. The molecule has 0 radical (unpaired) electrons. The molecule has 6 nitrogen and oxygen atoms in total. The van der Waals surface area contributed by atoms with Crippen LogP contribution in [0, 0.1) is 0 Å². The number of hydrogen-bond donors (Lipinski definition) is 2. The van der Waals surface area contributed by atoms with E-state index < -0.39 is 0 Å². The fourth-order valence-electron chi connectivity index (χ4n) is 2.37. The minimum atomic E-state index is -0.283. The molecule has 25 heavy (non-hydrogen) atoms. The van der Waals surface area contributed by atoms with Gasteiger partial charge in [0, 0.05) is 6.20 Å². The monoisotopic (exact) mass is 389 g/mol. The first kappa shape index (κ1) is 16.0. The van der Waals surface area contributed by atoms with Crippen LogP contribution in [0.5, 0.6) is 0 Å². The Morgan fingerprint density at radius 1 is 1.20 bits per heavy atom. The quantitative estimate of drug-likeness (QED) is 0.534. The van der Waals surface area contributed by atoms with E-state index in [9.17, 15) is 4.79 Å². The van der Waals surface area contributed by atoms with E-state index in [2.05, 4.69) is 25.3 Å². The Morgan fingerprint density at radius 2 is 2.00 bits per heavy atom. The smallest absolute Gasteiger partial charge is 0.268 e. The van der Waals surface area contributed by atoms with Gasteiger partial charge < -0.3 is 10.3 Å². The summed E-state index contributed by atoms with van der Waals surface area (Å²) < 4.78 is 0. The van der Waals surface area contributed by atoms with Gasteiger partial charge in [-0.25, -0.2) is 9.97 Å². The second-order valence-electron chi connectivity index (χ2n) is 5.06. The standard InChI is InChI=1S/C16H9Cl2N5OS/c17-8-2-1-3-9(18)12(8)14-21-10-4-5-20-15(13(10)22-14)23-16(24)11-6-19-7-25-11/h1-7H,(H,21,22)(H,20,23,24). The molecular weight excluding hydrogens is 381 g/mol. The number of anilines is 1. The highest BCUT2D eigenvalue weighted by atomic mass is 35.5. The van der Waals surface area contributed by atoms with E-state index in [1.807, 2.05) is 0 Å². The summed E-state index contributed by atoms with van der Waals surface area (Å²) in [5, 5.41) is 3.73. The number of carbonyl (C=O) groups excluding carboxylic acids is 1. The summed E-state index contributed by atoms with van der Waals surface area (Å²) in [5.41, 5.74) is 3.42. The van der Waals surface area contributed by atoms with Crippen LogP contribution < -0.4 is 5.32 Å². The van der Waals surface area contributed by atoms with Gasteiger partial charge in [0.05, 0.1) is 32.8 Å². The number of rotatable bonds is 3. The highest BCUT2D eigenvalue weighted by Crippen LogP contribution is 2.34. The zero-order valence-corrected chi connectivity index (χ0v) is 14.8. The van der Waals surface area contributed by atoms with E-state index in [0.717, 1.165) is 0 Å². The van der Waals surface area contributed by atoms with Gasteiger partial charge >= 0.3 is 0 Å². The molecular formula is C16H9Cl2N5OS. The number of amides is 1. The van der Waals surface area contributed by atoms with Gasteiger partial charge in [-0.05, 0) is 18.2 Å². The lowest BCUT2D eigenvalue weighted by molar-refractivity contribution is 0.103. The van der Waals surface area contributed by atoms with Gasteiger partial charge in [-0.2, -0.15) is 0 Å². The number of thiazole rings is 1. The van der Waals surface area contributed by atoms with Crippen molar-refractivity contribution >= 4 is 57.3 Å². The first-order chi connectivity index (χ1) is 12.1. The summed E-state index contributed by atoms with van der Waals surface area (Å²) in [6.45, 7) is 0. The number of hydrogen-bond acceptors (Lipinski definition) is 5. The number of H-pyrrole nitrogens is 1. The number of imidazole rings is 1. The Morgan fingerprint density at radius 3 is 2.72 bits per heavy atom. The molecule has 0 saturated carbocycles. The van der Waals surface area contributed by atoms with Crippen molar-refractivity contribution in [1.82, 2.24) is 19.9 Å². The topological polar surface area (TPSA) is 83.6 Å². The Hall–Kier alpha value is -2.48. The summed E-state index contributed by atoms with van der Waals surface area (Å²) in [6, 6.07) is 6.98. The van der Waals surface area contributed by atoms with Crippen LogP contribution in [0.2, 0.25) is 10.0 Å². The van der Waals surface area contributed by atoms with Gasteiger partial charge in [-0.3, -0.25) is 9.78 Å². The average Bonchev–Trinajstić information content (AvgIpc) is 3.25. The van der Waals surface area contributed by atoms with Gasteiger partial charge in [0.25, 0.3) is 5.91 Å². The number of benzene rings is 1. The van der Waals surface area contributed by atoms with Crippen LogP contribution in [0.3, 0.4) is 0 Å². The van der Waals surface area contributed by atoms with E-state index in [1.165, 1.54) is 17.5 Å². The van der Waals surface area contributed by atoms with Crippen molar-refractivity contribution in [2.45, 2.75) is 0 Å². The number of nitrogens with one attached hydrogen (secondary N) is 2. The highest BCUT2D eigenvalue weighted by molar-refractivity contribution is 7.11. The van der Waals surface area contributed by atoms with Crippen LogP contribution in [0.15, 0.2) is 42.2 Å². The largest absolute Gasteiger partial charge is 0.335 e. The van der Waals surface area contributed by atoms with Crippen LogP contribution >= 0.6 is 34.5 Å². The van der Waals surface area contributed by atoms with Crippen molar-refractivity contribution in [3.63, 3.8) is 0 Å². The summed E-state index contributed by atoms with van der Waals surface area (Å²) in [7, 11) is 0. The molecule has 0 saturated heterocycles. The van der Waals surface area contributed by atoms with Gasteiger partial charge in [-0.15, -0.1) is 11.3 Å². The third-order valence-electron chi connectivity index (χ3n) is 3.49. The second kappa shape index (κ2) is 6.44. The van der Waals surface area contributed by atoms with Crippen LogP contribution in [0.4, 0.5) is 5.82 Å². The molecule has 2 N–H and O–H groups in total. The highest BCUT2D eigenvalue weighted by Gasteiger charge is 2.16. The molecule has 0 aliphatic rings. The molecule has 0 atom stereocenters. The van der Waals surface area contributed by atoms with Gasteiger partial charge in [0.2, 0.25) is 0 Å². The number of nitrogens with zero attached hydrogens (tertiary/aromatic N) is 3. The molecule has 4 rings (SSSR count). The fourth-order valence-corrected chi connectivity index (χ4v) is 3.46. The Balaban J connectivity index is 1.78. The molecule has 0 spiro atoms. The number of aromatic amines is 1. The maximum atomic E-state index is 12.2. The Labute approximate surface area is 155 Å². The zero-order chi connectivity index (χ0) is 17.4. The number of fused-ring (bicyclic) bond motifs is 1.